The number of carbonyl (C=O) groups is 1. The molecule has 1 saturated heterocycles. The van der Waals surface area contributed by atoms with Gasteiger partial charge >= 0.3 is 0 Å². The average molecular weight is 292 g/mol. The van der Waals surface area contributed by atoms with E-state index in [2.05, 4.69) is 10.1 Å². The molecule has 0 saturated carbocycles. The number of carbonyl (C=O) groups excluding carboxylic acids is 1. The van der Waals surface area contributed by atoms with Crippen LogP contribution in [0.4, 0.5) is 0 Å². The number of hydrogen-bond acceptors (Lipinski definition) is 4. The minimum absolute atomic E-state index is 0.0621. The monoisotopic (exact) mass is 291 g/mol. The molecule has 0 aromatic carbocycles. The Balaban J connectivity index is 1.89. The van der Waals surface area contributed by atoms with Crippen molar-refractivity contribution in [2.45, 2.75) is 25.8 Å². The van der Waals surface area contributed by atoms with Gasteiger partial charge in [0.25, 0.3) is 5.91 Å². The Bertz CT molecular complexity index is 641. The van der Waals surface area contributed by atoms with Crippen LogP contribution in [-0.4, -0.2) is 27.5 Å². The minimum Gasteiger partial charge on any atom is -0.359 e. The molecule has 3 heterocycles. The highest BCUT2D eigenvalue weighted by Crippen LogP contribution is 2.34. The minimum atomic E-state index is -0.0889. The fraction of sp³-hybridized carbons (Fsp3) is 0.357. The molecule has 0 N–H and O–H groups in total. The van der Waals surface area contributed by atoms with Crippen molar-refractivity contribution < 1.29 is 9.32 Å². The molecule has 0 radical (unpaired) electrons. The van der Waals surface area contributed by atoms with Crippen molar-refractivity contribution in [3.8, 4) is 0 Å². The first-order valence-corrected chi connectivity index (χ1v) is 6.88. The lowest BCUT2D eigenvalue weighted by atomic mass is 10.1. The van der Waals surface area contributed by atoms with E-state index in [9.17, 15) is 4.79 Å². The molecule has 3 rings (SSSR count). The highest BCUT2D eigenvalue weighted by Gasteiger charge is 2.33. The summed E-state index contributed by atoms with van der Waals surface area (Å²) in [5, 5.41) is 4.27. The van der Waals surface area contributed by atoms with Gasteiger partial charge in [0.15, 0.2) is 5.76 Å². The van der Waals surface area contributed by atoms with Gasteiger partial charge in [0.2, 0.25) is 0 Å². The van der Waals surface area contributed by atoms with E-state index in [1.54, 1.807) is 17.2 Å². The molecule has 0 aliphatic carbocycles. The molecule has 1 aliphatic rings. The SMILES string of the molecule is Cc1cc(C2CCCN2C(=O)c2ccncc2Cl)on1. The predicted octanol–water partition coefficient (Wildman–Crippen LogP) is 3.01. The van der Waals surface area contributed by atoms with Crippen molar-refractivity contribution in [3.63, 3.8) is 0 Å². The summed E-state index contributed by atoms with van der Waals surface area (Å²) in [6.07, 6.45) is 4.88. The van der Waals surface area contributed by atoms with Crippen LogP contribution in [-0.2, 0) is 0 Å². The molecule has 1 unspecified atom stereocenters. The van der Waals surface area contributed by atoms with Gasteiger partial charge in [-0.1, -0.05) is 16.8 Å². The van der Waals surface area contributed by atoms with Crippen LogP contribution < -0.4 is 0 Å². The van der Waals surface area contributed by atoms with E-state index in [0.29, 0.717) is 17.1 Å². The van der Waals surface area contributed by atoms with Crippen LogP contribution in [0.25, 0.3) is 0 Å². The number of rotatable bonds is 2. The van der Waals surface area contributed by atoms with E-state index >= 15 is 0 Å². The highest BCUT2D eigenvalue weighted by atomic mass is 35.5. The van der Waals surface area contributed by atoms with Crippen molar-refractivity contribution in [2.24, 2.45) is 0 Å². The first-order chi connectivity index (χ1) is 9.66. The van der Waals surface area contributed by atoms with E-state index in [1.807, 2.05) is 13.0 Å². The molecular weight excluding hydrogens is 278 g/mol. The Morgan fingerprint density at radius 1 is 1.55 bits per heavy atom. The van der Waals surface area contributed by atoms with Crippen LogP contribution >= 0.6 is 11.6 Å². The van der Waals surface area contributed by atoms with Gasteiger partial charge in [-0.25, -0.2) is 0 Å². The summed E-state index contributed by atoms with van der Waals surface area (Å²) in [4.78, 5) is 18.3. The molecule has 1 amide bonds. The van der Waals surface area contributed by atoms with Gasteiger partial charge < -0.3 is 9.42 Å². The third kappa shape index (κ3) is 2.29. The van der Waals surface area contributed by atoms with E-state index in [1.165, 1.54) is 6.20 Å². The maximum Gasteiger partial charge on any atom is 0.256 e. The zero-order valence-electron chi connectivity index (χ0n) is 11.0. The molecule has 6 heteroatoms. The van der Waals surface area contributed by atoms with Crippen LogP contribution in [0.1, 0.15) is 40.7 Å². The fourth-order valence-corrected chi connectivity index (χ4v) is 2.75. The molecule has 104 valence electrons. The number of halogens is 1. The summed E-state index contributed by atoms with van der Waals surface area (Å²) in [6, 6.07) is 3.46. The molecule has 0 spiro atoms. The van der Waals surface area contributed by atoms with Gasteiger partial charge in [0.05, 0.1) is 22.3 Å². The Labute approximate surface area is 121 Å². The first kappa shape index (κ1) is 13.1. The number of aromatic nitrogens is 2. The van der Waals surface area contributed by atoms with Gasteiger partial charge in [-0.2, -0.15) is 0 Å². The van der Waals surface area contributed by atoms with Crippen LogP contribution in [0.2, 0.25) is 5.02 Å². The van der Waals surface area contributed by atoms with Gasteiger partial charge in [-0.15, -0.1) is 0 Å². The fourth-order valence-electron chi connectivity index (χ4n) is 2.55. The standard InChI is InChI=1S/C14H14ClN3O2/c1-9-7-13(20-17-9)12-3-2-6-18(12)14(19)10-4-5-16-8-11(10)15/h4-5,7-8,12H,2-3,6H2,1H3. The Morgan fingerprint density at radius 2 is 2.40 bits per heavy atom. The Morgan fingerprint density at radius 3 is 3.10 bits per heavy atom. The number of amides is 1. The summed E-state index contributed by atoms with van der Waals surface area (Å²) >= 11 is 6.05. The maximum atomic E-state index is 12.6. The maximum absolute atomic E-state index is 12.6. The van der Waals surface area contributed by atoms with Gasteiger partial charge in [-0.05, 0) is 25.8 Å². The van der Waals surface area contributed by atoms with Crippen molar-refractivity contribution in [2.75, 3.05) is 6.54 Å². The quantitative estimate of drug-likeness (QED) is 0.853. The van der Waals surface area contributed by atoms with Gasteiger partial charge in [0, 0.05) is 25.0 Å². The molecule has 5 nitrogen and oxygen atoms in total. The van der Waals surface area contributed by atoms with Crippen molar-refractivity contribution in [1.82, 2.24) is 15.0 Å². The summed E-state index contributed by atoms with van der Waals surface area (Å²) in [6.45, 7) is 2.57. The van der Waals surface area contributed by atoms with E-state index in [0.717, 1.165) is 24.3 Å². The number of aryl methyl sites for hydroxylation is 1. The highest BCUT2D eigenvalue weighted by molar-refractivity contribution is 6.33. The van der Waals surface area contributed by atoms with Crippen LogP contribution in [0.3, 0.4) is 0 Å². The summed E-state index contributed by atoms with van der Waals surface area (Å²) < 4.78 is 5.31. The van der Waals surface area contributed by atoms with Crippen molar-refractivity contribution in [1.29, 1.82) is 0 Å². The zero-order valence-corrected chi connectivity index (χ0v) is 11.8. The lowest BCUT2D eigenvalue weighted by Crippen LogP contribution is -2.30. The third-order valence-corrected chi connectivity index (χ3v) is 3.79. The lowest BCUT2D eigenvalue weighted by Gasteiger charge is -2.23. The molecule has 1 fully saturated rings. The Hall–Kier alpha value is -1.88. The van der Waals surface area contributed by atoms with Crippen molar-refractivity contribution in [3.05, 3.63) is 46.6 Å². The zero-order chi connectivity index (χ0) is 14.1. The molecular formula is C14H14ClN3O2. The Kier molecular flexibility index (Phi) is 3.44. The summed E-state index contributed by atoms with van der Waals surface area (Å²) in [5.41, 5.74) is 1.30. The smallest absolute Gasteiger partial charge is 0.256 e. The second kappa shape index (κ2) is 5.25. The normalized spacial score (nSPS) is 18.5. The van der Waals surface area contributed by atoms with E-state index in [-0.39, 0.29) is 11.9 Å². The molecule has 1 atom stereocenters. The van der Waals surface area contributed by atoms with Gasteiger partial charge in [-0.3, -0.25) is 9.78 Å². The van der Waals surface area contributed by atoms with Crippen LogP contribution in [0.5, 0.6) is 0 Å². The second-order valence-corrected chi connectivity index (χ2v) is 5.29. The van der Waals surface area contributed by atoms with E-state index in [4.69, 9.17) is 16.1 Å². The molecule has 20 heavy (non-hydrogen) atoms. The first-order valence-electron chi connectivity index (χ1n) is 6.50. The molecule has 2 aromatic heterocycles. The second-order valence-electron chi connectivity index (χ2n) is 4.88. The topological polar surface area (TPSA) is 59.2 Å². The molecule has 0 bridgehead atoms. The van der Waals surface area contributed by atoms with Gasteiger partial charge in [0.1, 0.15) is 0 Å². The summed E-state index contributed by atoms with van der Waals surface area (Å²) in [5.74, 6) is 0.646. The largest absolute Gasteiger partial charge is 0.359 e. The lowest BCUT2D eigenvalue weighted by molar-refractivity contribution is 0.0714. The third-order valence-electron chi connectivity index (χ3n) is 3.49. The number of pyridine rings is 1. The van der Waals surface area contributed by atoms with Crippen LogP contribution in [0, 0.1) is 6.92 Å². The average Bonchev–Trinajstić information content (AvgIpc) is 3.06. The number of nitrogens with zero attached hydrogens (tertiary/aromatic N) is 3. The predicted molar refractivity (Wildman–Crippen MR) is 73.5 cm³/mol. The summed E-state index contributed by atoms with van der Waals surface area (Å²) in [7, 11) is 0. The molecule has 2 aromatic rings. The molecule has 1 aliphatic heterocycles. The number of likely N-dealkylation sites (tertiary alicyclic amines) is 1. The van der Waals surface area contributed by atoms with Crippen LogP contribution in [0.15, 0.2) is 29.0 Å². The number of hydrogen-bond donors (Lipinski definition) is 0. The van der Waals surface area contributed by atoms with Crippen molar-refractivity contribution >= 4 is 17.5 Å². The van der Waals surface area contributed by atoms with E-state index < -0.39 is 0 Å².